The molecule has 7 aromatic carbocycles. The monoisotopic (exact) mass is 563 g/mol. The average molecular weight is 564 g/mol. The van der Waals surface area contributed by atoms with Gasteiger partial charge in [0.25, 0.3) is 0 Å². The lowest BCUT2D eigenvalue weighted by Gasteiger charge is -2.10. The first-order valence-electron chi connectivity index (χ1n) is 14.9. The summed E-state index contributed by atoms with van der Waals surface area (Å²) in [4.78, 5) is 0. The van der Waals surface area contributed by atoms with Crippen LogP contribution in [0.5, 0.6) is 0 Å². The molecule has 0 bridgehead atoms. The molecule has 0 amide bonds. The predicted molar refractivity (Wildman–Crippen MR) is 185 cm³/mol. The summed E-state index contributed by atoms with van der Waals surface area (Å²) in [5.74, 6) is 0. The summed E-state index contributed by atoms with van der Waals surface area (Å²) >= 11 is 1.96. The van der Waals surface area contributed by atoms with Crippen LogP contribution in [0.15, 0.2) is 140 Å². The molecule has 200 valence electrons. The lowest BCUT2D eigenvalue weighted by Crippen LogP contribution is -1.93. The molecule has 2 heteroatoms. The van der Waals surface area contributed by atoms with E-state index in [1.165, 1.54) is 91.8 Å². The Bertz CT molecular complexity index is 2560. The van der Waals surface area contributed by atoms with Crippen molar-refractivity contribution < 1.29 is 0 Å². The summed E-state index contributed by atoms with van der Waals surface area (Å²) in [6, 6.07) is 51.4. The summed E-state index contributed by atoms with van der Waals surface area (Å²) in [6.07, 6.45) is 1.01. The van der Waals surface area contributed by atoms with Crippen LogP contribution in [0.4, 0.5) is 0 Å². The van der Waals surface area contributed by atoms with Gasteiger partial charge in [0.2, 0.25) is 0 Å². The molecule has 9 aromatic rings. The first-order valence-corrected chi connectivity index (χ1v) is 15.7. The average Bonchev–Trinajstić information content (AvgIpc) is 3.74. The number of fused-ring (bicyclic) bond motifs is 13. The largest absolute Gasteiger partial charge is 0.309 e. The van der Waals surface area contributed by atoms with E-state index in [1.54, 1.807) is 0 Å². The van der Waals surface area contributed by atoms with Gasteiger partial charge in [-0.05, 0) is 75.3 Å². The number of rotatable bonds is 2. The molecule has 1 nitrogen and oxygen atoms in total. The molecule has 0 spiro atoms. The third kappa shape index (κ3) is 3.22. The number of nitrogens with zero attached hydrogens (tertiary/aromatic N) is 1. The van der Waals surface area contributed by atoms with Crippen LogP contribution in [-0.4, -0.2) is 4.57 Å². The van der Waals surface area contributed by atoms with Gasteiger partial charge >= 0.3 is 0 Å². The Morgan fingerprint density at radius 1 is 0.512 bits per heavy atom. The molecule has 2 aromatic heterocycles. The van der Waals surface area contributed by atoms with Gasteiger partial charge in [-0.15, -0.1) is 11.3 Å². The second-order valence-electron chi connectivity index (χ2n) is 11.7. The van der Waals surface area contributed by atoms with E-state index in [0.717, 1.165) is 6.42 Å². The molecular formula is C41H25NS. The molecule has 2 heterocycles. The van der Waals surface area contributed by atoms with Gasteiger partial charge in [-0.3, -0.25) is 0 Å². The smallest absolute Gasteiger partial charge is 0.0555 e. The molecule has 1 aliphatic carbocycles. The van der Waals surface area contributed by atoms with E-state index in [9.17, 15) is 0 Å². The van der Waals surface area contributed by atoms with Gasteiger partial charge in [0.1, 0.15) is 0 Å². The third-order valence-electron chi connectivity index (χ3n) is 9.42. The summed E-state index contributed by atoms with van der Waals surface area (Å²) in [5, 5.41) is 8.12. The van der Waals surface area contributed by atoms with Crippen LogP contribution in [-0.2, 0) is 6.42 Å². The van der Waals surface area contributed by atoms with E-state index in [0.29, 0.717) is 0 Å². The Labute approximate surface area is 252 Å². The van der Waals surface area contributed by atoms with E-state index in [-0.39, 0.29) is 0 Å². The Balaban J connectivity index is 1.29. The van der Waals surface area contributed by atoms with Crippen LogP contribution < -0.4 is 0 Å². The van der Waals surface area contributed by atoms with E-state index in [2.05, 4.69) is 144 Å². The van der Waals surface area contributed by atoms with Crippen molar-refractivity contribution in [1.82, 2.24) is 4.57 Å². The fourth-order valence-electron chi connectivity index (χ4n) is 7.53. The SMILES string of the molecule is c1ccc(-c2ccc(-n3c4ccccc4c4cc5c(cc43)sc3c4c(c6ccccc6c35)Cc3ccccc3-4)cc2)cc1. The predicted octanol–water partition coefficient (Wildman–Crippen LogP) is 11.5. The van der Waals surface area contributed by atoms with Gasteiger partial charge in [-0.25, -0.2) is 0 Å². The van der Waals surface area contributed by atoms with E-state index < -0.39 is 0 Å². The molecule has 0 radical (unpaired) electrons. The standard InChI is InChI=1S/C41H25NS/c1-2-10-25(11-3-1)26-18-20-28(21-19-26)42-36-17-9-8-15-31(36)33-23-35-38(24-37(33)42)43-41-39-29-13-5-4-12-27(29)22-34(39)30-14-6-7-16-32(30)40(35)41/h1-21,23-24H,22H2. The Kier molecular flexibility index (Phi) is 4.72. The highest BCUT2D eigenvalue weighted by Crippen LogP contribution is 2.51. The van der Waals surface area contributed by atoms with Crippen molar-refractivity contribution in [3.05, 3.63) is 151 Å². The molecule has 0 saturated carbocycles. The van der Waals surface area contributed by atoms with Crippen LogP contribution in [0.3, 0.4) is 0 Å². The Morgan fingerprint density at radius 2 is 1.21 bits per heavy atom. The van der Waals surface area contributed by atoms with Crippen molar-refractivity contribution >= 4 is 64.1 Å². The first kappa shape index (κ1) is 23.4. The fourth-order valence-corrected chi connectivity index (χ4v) is 8.85. The minimum atomic E-state index is 1.01. The number of benzene rings is 7. The van der Waals surface area contributed by atoms with Crippen LogP contribution in [0.2, 0.25) is 0 Å². The molecule has 10 rings (SSSR count). The van der Waals surface area contributed by atoms with Gasteiger partial charge in [0.05, 0.1) is 11.0 Å². The van der Waals surface area contributed by atoms with Crippen LogP contribution in [0.1, 0.15) is 11.1 Å². The van der Waals surface area contributed by atoms with Crippen molar-refractivity contribution in [3.63, 3.8) is 0 Å². The minimum absolute atomic E-state index is 1.01. The molecule has 0 N–H and O–H groups in total. The highest BCUT2D eigenvalue weighted by Gasteiger charge is 2.26. The zero-order valence-electron chi connectivity index (χ0n) is 23.3. The van der Waals surface area contributed by atoms with Gasteiger partial charge in [0, 0.05) is 42.2 Å². The molecule has 0 saturated heterocycles. The molecule has 43 heavy (non-hydrogen) atoms. The van der Waals surface area contributed by atoms with E-state index in [4.69, 9.17) is 0 Å². The fraction of sp³-hybridized carbons (Fsp3) is 0.0244. The summed E-state index contributed by atoms with van der Waals surface area (Å²) in [6.45, 7) is 0. The molecule has 1 aliphatic rings. The normalized spacial score (nSPS) is 12.6. The highest BCUT2D eigenvalue weighted by atomic mass is 32.1. The van der Waals surface area contributed by atoms with Gasteiger partial charge < -0.3 is 4.57 Å². The van der Waals surface area contributed by atoms with Crippen LogP contribution in [0, 0.1) is 0 Å². The van der Waals surface area contributed by atoms with Gasteiger partial charge in [-0.2, -0.15) is 0 Å². The second kappa shape index (κ2) is 8.67. The maximum atomic E-state index is 2.47. The van der Waals surface area contributed by atoms with Crippen LogP contribution >= 0.6 is 11.3 Å². The second-order valence-corrected chi connectivity index (χ2v) is 12.7. The topological polar surface area (TPSA) is 4.93 Å². The number of thiophene rings is 1. The van der Waals surface area contributed by atoms with Gasteiger partial charge in [-0.1, -0.05) is 109 Å². The third-order valence-corrected chi connectivity index (χ3v) is 10.6. The highest BCUT2D eigenvalue weighted by molar-refractivity contribution is 7.26. The maximum Gasteiger partial charge on any atom is 0.0555 e. The Morgan fingerprint density at radius 3 is 2.07 bits per heavy atom. The lowest BCUT2D eigenvalue weighted by atomic mass is 9.94. The minimum Gasteiger partial charge on any atom is -0.309 e. The molecule has 0 unspecified atom stereocenters. The molecule has 0 atom stereocenters. The number of aromatic nitrogens is 1. The van der Waals surface area contributed by atoms with E-state index >= 15 is 0 Å². The number of para-hydroxylation sites is 1. The number of hydrogen-bond donors (Lipinski definition) is 0. The van der Waals surface area contributed by atoms with Crippen LogP contribution in [0.25, 0.3) is 80.7 Å². The zero-order valence-corrected chi connectivity index (χ0v) is 24.2. The molecular weight excluding hydrogens is 539 g/mol. The Hall–Kier alpha value is -5.18. The quantitative estimate of drug-likeness (QED) is 0.197. The first-order chi connectivity index (χ1) is 21.3. The zero-order chi connectivity index (χ0) is 28.1. The summed E-state index contributed by atoms with van der Waals surface area (Å²) in [5.41, 5.74) is 11.9. The van der Waals surface area contributed by atoms with Crippen molar-refractivity contribution in [1.29, 1.82) is 0 Å². The van der Waals surface area contributed by atoms with Crippen molar-refractivity contribution in [2.24, 2.45) is 0 Å². The summed E-state index contributed by atoms with van der Waals surface area (Å²) in [7, 11) is 0. The maximum absolute atomic E-state index is 2.47. The molecule has 0 aliphatic heterocycles. The summed E-state index contributed by atoms with van der Waals surface area (Å²) < 4.78 is 5.21. The lowest BCUT2D eigenvalue weighted by molar-refractivity contribution is 1.18. The van der Waals surface area contributed by atoms with Crippen molar-refractivity contribution in [2.75, 3.05) is 0 Å². The van der Waals surface area contributed by atoms with Gasteiger partial charge in [0.15, 0.2) is 0 Å². The number of hydrogen-bond acceptors (Lipinski definition) is 1. The van der Waals surface area contributed by atoms with E-state index in [1.807, 2.05) is 11.3 Å². The molecule has 0 fully saturated rings. The van der Waals surface area contributed by atoms with Crippen molar-refractivity contribution in [2.45, 2.75) is 6.42 Å². The van der Waals surface area contributed by atoms with Crippen molar-refractivity contribution in [3.8, 4) is 27.9 Å².